The first-order valence-electron chi connectivity index (χ1n) is 5.25. The summed E-state index contributed by atoms with van der Waals surface area (Å²) in [6.07, 6.45) is 1.84. The second-order valence-corrected chi connectivity index (χ2v) is 5.20. The molecule has 0 aromatic rings. The second kappa shape index (κ2) is 4.28. The van der Waals surface area contributed by atoms with Crippen LogP contribution in [0.2, 0.25) is 0 Å². The van der Waals surface area contributed by atoms with Crippen LogP contribution in [-0.2, 0) is 4.74 Å². The molecule has 0 bridgehead atoms. The van der Waals surface area contributed by atoms with Crippen LogP contribution in [0.5, 0.6) is 0 Å². The summed E-state index contributed by atoms with van der Waals surface area (Å²) in [6.45, 7) is 6.66. The van der Waals surface area contributed by atoms with Gasteiger partial charge in [-0.3, -0.25) is 0 Å². The Morgan fingerprint density at radius 1 is 1.21 bits per heavy atom. The molecular formula is C11H19FO2. The molecule has 3 heteroatoms. The molecule has 14 heavy (non-hydrogen) atoms. The number of ether oxygens (including phenoxy) is 1. The summed E-state index contributed by atoms with van der Waals surface area (Å²) < 4.78 is 16.5. The standard InChI is InChI=1S/C11H19FO2/c1-11(2,3)8-4-6-9(7-5-8)14-10(12)13/h8-9H,4-7H2,1-3H3. The van der Waals surface area contributed by atoms with Crippen LogP contribution in [0, 0.1) is 11.3 Å². The van der Waals surface area contributed by atoms with E-state index in [1.807, 2.05) is 0 Å². The van der Waals surface area contributed by atoms with Crippen LogP contribution < -0.4 is 0 Å². The minimum atomic E-state index is -1.63. The van der Waals surface area contributed by atoms with Gasteiger partial charge in [-0.15, -0.1) is 4.39 Å². The first-order chi connectivity index (χ1) is 6.39. The molecule has 0 spiro atoms. The third-order valence-electron chi connectivity index (χ3n) is 3.16. The quantitative estimate of drug-likeness (QED) is 0.606. The molecule has 0 amide bonds. The van der Waals surface area contributed by atoms with Crippen molar-refractivity contribution in [3.63, 3.8) is 0 Å². The minimum Gasteiger partial charge on any atom is -0.437 e. The van der Waals surface area contributed by atoms with E-state index in [1.165, 1.54) is 0 Å². The molecule has 0 aliphatic heterocycles. The molecule has 0 atom stereocenters. The molecule has 1 aliphatic rings. The van der Waals surface area contributed by atoms with E-state index in [4.69, 9.17) is 0 Å². The Hall–Kier alpha value is -0.600. The van der Waals surface area contributed by atoms with Gasteiger partial charge in [-0.05, 0) is 37.0 Å². The van der Waals surface area contributed by atoms with Gasteiger partial charge in [0.05, 0.1) is 0 Å². The van der Waals surface area contributed by atoms with Crippen LogP contribution in [0.3, 0.4) is 0 Å². The van der Waals surface area contributed by atoms with E-state index in [1.54, 1.807) is 0 Å². The molecule has 82 valence electrons. The van der Waals surface area contributed by atoms with Crippen LogP contribution in [-0.4, -0.2) is 12.3 Å². The van der Waals surface area contributed by atoms with Crippen molar-refractivity contribution < 1.29 is 13.9 Å². The number of carbonyl (C=O) groups is 1. The summed E-state index contributed by atoms with van der Waals surface area (Å²) in [5, 5.41) is 0. The van der Waals surface area contributed by atoms with E-state index in [0.29, 0.717) is 11.3 Å². The van der Waals surface area contributed by atoms with Crippen LogP contribution in [0.15, 0.2) is 0 Å². The number of carbonyl (C=O) groups excluding carboxylic acids is 1. The Kier molecular flexibility index (Phi) is 3.51. The minimum absolute atomic E-state index is 0.189. The summed E-state index contributed by atoms with van der Waals surface area (Å²) in [5.41, 5.74) is 0.310. The van der Waals surface area contributed by atoms with Gasteiger partial charge in [0.25, 0.3) is 0 Å². The average molecular weight is 202 g/mol. The normalized spacial score (nSPS) is 28.6. The molecular weight excluding hydrogens is 183 g/mol. The Balaban J connectivity index is 2.35. The zero-order valence-electron chi connectivity index (χ0n) is 9.18. The van der Waals surface area contributed by atoms with Crippen LogP contribution in [0.4, 0.5) is 9.18 Å². The highest BCUT2D eigenvalue weighted by molar-refractivity contribution is 5.58. The zero-order valence-corrected chi connectivity index (χ0v) is 9.18. The van der Waals surface area contributed by atoms with Crippen LogP contribution in [0.1, 0.15) is 46.5 Å². The molecule has 0 radical (unpaired) electrons. The first-order valence-corrected chi connectivity index (χ1v) is 5.25. The molecule has 1 saturated carbocycles. The highest BCUT2D eigenvalue weighted by Crippen LogP contribution is 2.38. The van der Waals surface area contributed by atoms with Gasteiger partial charge in [-0.2, -0.15) is 0 Å². The lowest BCUT2D eigenvalue weighted by molar-refractivity contribution is 0.0322. The molecule has 0 heterocycles. The predicted molar refractivity (Wildman–Crippen MR) is 52.8 cm³/mol. The third kappa shape index (κ3) is 3.28. The lowest BCUT2D eigenvalue weighted by atomic mass is 9.72. The molecule has 0 unspecified atom stereocenters. The topological polar surface area (TPSA) is 26.3 Å². The second-order valence-electron chi connectivity index (χ2n) is 5.20. The summed E-state index contributed by atoms with van der Waals surface area (Å²) in [5.74, 6) is 0.664. The predicted octanol–water partition coefficient (Wildman–Crippen LogP) is 3.70. The highest BCUT2D eigenvalue weighted by Gasteiger charge is 2.30. The summed E-state index contributed by atoms with van der Waals surface area (Å²) in [6, 6.07) is 0. The Labute approximate surface area is 84.8 Å². The summed E-state index contributed by atoms with van der Waals surface area (Å²) in [4.78, 5) is 10.1. The Morgan fingerprint density at radius 2 is 1.71 bits per heavy atom. The molecule has 1 rings (SSSR count). The van der Waals surface area contributed by atoms with Crippen LogP contribution >= 0.6 is 0 Å². The summed E-state index contributed by atoms with van der Waals surface area (Å²) in [7, 11) is 0. The fourth-order valence-electron chi connectivity index (χ4n) is 2.18. The molecule has 0 aromatic carbocycles. The van der Waals surface area contributed by atoms with Gasteiger partial charge in [0, 0.05) is 0 Å². The molecule has 0 saturated heterocycles. The lowest BCUT2D eigenvalue weighted by Gasteiger charge is -2.36. The van der Waals surface area contributed by atoms with Gasteiger partial charge in [-0.25, -0.2) is 4.79 Å². The van der Waals surface area contributed by atoms with E-state index >= 15 is 0 Å². The fraction of sp³-hybridized carbons (Fsp3) is 0.909. The molecule has 1 fully saturated rings. The molecule has 2 nitrogen and oxygen atoms in total. The third-order valence-corrected chi connectivity index (χ3v) is 3.16. The van der Waals surface area contributed by atoms with E-state index in [9.17, 15) is 9.18 Å². The lowest BCUT2D eigenvalue weighted by Crippen LogP contribution is -2.29. The van der Waals surface area contributed by atoms with Gasteiger partial charge in [0.1, 0.15) is 6.10 Å². The van der Waals surface area contributed by atoms with Crippen LogP contribution in [0.25, 0.3) is 0 Å². The van der Waals surface area contributed by atoms with E-state index in [2.05, 4.69) is 25.5 Å². The maximum atomic E-state index is 12.0. The van der Waals surface area contributed by atoms with Gasteiger partial charge < -0.3 is 4.74 Å². The number of halogens is 1. The largest absolute Gasteiger partial charge is 0.495 e. The average Bonchev–Trinajstić information content (AvgIpc) is 2.02. The molecule has 1 aliphatic carbocycles. The monoisotopic (exact) mass is 202 g/mol. The van der Waals surface area contributed by atoms with E-state index < -0.39 is 6.22 Å². The Bertz CT molecular complexity index is 200. The molecule has 0 N–H and O–H groups in total. The van der Waals surface area contributed by atoms with Gasteiger partial charge in [-0.1, -0.05) is 20.8 Å². The first kappa shape index (κ1) is 11.5. The van der Waals surface area contributed by atoms with E-state index in [0.717, 1.165) is 25.7 Å². The number of hydrogen-bond acceptors (Lipinski definition) is 2. The smallest absolute Gasteiger partial charge is 0.437 e. The number of rotatable bonds is 1. The zero-order chi connectivity index (χ0) is 10.8. The van der Waals surface area contributed by atoms with Crippen molar-refractivity contribution in [2.24, 2.45) is 11.3 Å². The maximum Gasteiger partial charge on any atom is 0.495 e. The van der Waals surface area contributed by atoms with Crippen molar-refractivity contribution in [1.29, 1.82) is 0 Å². The van der Waals surface area contributed by atoms with Gasteiger partial charge in [0.15, 0.2) is 0 Å². The van der Waals surface area contributed by atoms with Crippen molar-refractivity contribution in [2.75, 3.05) is 0 Å². The van der Waals surface area contributed by atoms with Crippen molar-refractivity contribution >= 4 is 6.22 Å². The van der Waals surface area contributed by atoms with Crippen molar-refractivity contribution in [1.82, 2.24) is 0 Å². The van der Waals surface area contributed by atoms with Crippen molar-refractivity contribution in [3.05, 3.63) is 0 Å². The highest BCUT2D eigenvalue weighted by atomic mass is 19.1. The van der Waals surface area contributed by atoms with Gasteiger partial charge in [0.2, 0.25) is 0 Å². The van der Waals surface area contributed by atoms with Gasteiger partial charge >= 0.3 is 6.22 Å². The number of hydrogen-bond donors (Lipinski definition) is 0. The SMILES string of the molecule is CC(C)(C)C1CCC(OC(=O)F)CC1. The Morgan fingerprint density at radius 3 is 2.07 bits per heavy atom. The van der Waals surface area contributed by atoms with E-state index in [-0.39, 0.29) is 6.10 Å². The molecule has 0 aromatic heterocycles. The summed E-state index contributed by atoms with van der Waals surface area (Å²) >= 11 is 0. The van der Waals surface area contributed by atoms with Crippen molar-refractivity contribution in [3.8, 4) is 0 Å². The fourth-order valence-corrected chi connectivity index (χ4v) is 2.18. The maximum absolute atomic E-state index is 12.0. The van der Waals surface area contributed by atoms with Crippen molar-refractivity contribution in [2.45, 2.75) is 52.6 Å².